The Bertz CT molecular complexity index is 262. The first-order chi connectivity index (χ1) is 8.79. The molecule has 1 aliphatic heterocycles. The third-order valence-corrected chi connectivity index (χ3v) is 4.08. The molecule has 0 aromatic heterocycles. The summed E-state index contributed by atoms with van der Waals surface area (Å²) in [5.41, 5.74) is 5.43. The number of rotatable bonds is 5. The molecule has 0 atom stereocenters. The third-order valence-electron chi connectivity index (χ3n) is 4.08. The fourth-order valence-electron chi connectivity index (χ4n) is 2.95. The average Bonchev–Trinajstić information content (AvgIpc) is 2.89. The van der Waals surface area contributed by atoms with E-state index in [-0.39, 0.29) is 18.3 Å². The minimum atomic E-state index is 0. The lowest BCUT2D eigenvalue weighted by Gasteiger charge is -2.33. The largest absolute Gasteiger partial charge is 0.375 e. The van der Waals surface area contributed by atoms with Crippen molar-refractivity contribution in [2.24, 2.45) is 5.73 Å². The zero-order chi connectivity index (χ0) is 12.8. The summed E-state index contributed by atoms with van der Waals surface area (Å²) in [6, 6.07) is 0. The number of nitrogens with two attached hydrogens (primary N) is 1. The van der Waals surface area contributed by atoms with Crippen LogP contribution in [-0.2, 0) is 9.53 Å². The third kappa shape index (κ3) is 5.28. The molecule has 19 heavy (non-hydrogen) atoms. The second kappa shape index (κ2) is 8.77. The minimum absolute atomic E-state index is 0. The zero-order valence-electron chi connectivity index (χ0n) is 11.7. The van der Waals surface area contributed by atoms with E-state index < -0.39 is 0 Å². The fourth-order valence-corrected chi connectivity index (χ4v) is 2.95. The molecule has 0 bridgehead atoms. The van der Waals surface area contributed by atoms with E-state index in [0.29, 0.717) is 25.2 Å². The lowest BCUT2D eigenvalue weighted by atomic mass is 10.1. The van der Waals surface area contributed by atoms with Crippen molar-refractivity contribution in [3.05, 3.63) is 0 Å². The molecule has 112 valence electrons. The molecule has 1 saturated heterocycles. The van der Waals surface area contributed by atoms with Crippen molar-refractivity contribution in [2.45, 2.75) is 63.6 Å². The lowest BCUT2D eigenvalue weighted by Crippen LogP contribution is -2.41. The molecular weight excluding hydrogens is 264 g/mol. The topological polar surface area (TPSA) is 55.6 Å². The van der Waals surface area contributed by atoms with Gasteiger partial charge in [0.05, 0.1) is 12.2 Å². The van der Waals surface area contributed by atoms with Crippen LogP contribution in [0.2, 0.25) is 0 Å². The van der Waals surface area contributed by atoms with Gasteiger partial charge in [-0.25, -0.2) is 0 Å². The van der Waals surface area contributed by atoms with Crippen LogP contribution in [0.15, 0.2) is 0 Å². The quantitative estimate of drug-likeness (QED) is 0.843. The molecule has 0 unspecified atom stereocenters. The van der Waals surface area contributed by atoms with Gasteiger partial charge in [0.15, 0.2) is 0 Å². The second-order valence-electron chi connectivity index (χ2n) is 5.51. The van der Waals surface area contributed by atoms with Gasteiger partial charge in [0, 0.05) is 19.5 Å². The number of hydrogen-bond donors (Lipinski definition) is 1. The lowest BCUT2D eigenvalue weighted by molar-refractivity contribution is -0.134. The predicted octanol–water partition coefficient (Wildman–Crippen LogP) is 2.10. The molecule has 2 aliphatic rings. The summed E-state index contributed by atoms with van der Waals surface area (Å²) < 4.78 is 6.10. The molecule has 2 N–H and O–H groups in total. The summed E-state index contributed by atoms with van der Waals surface area (Å²) >= 11 is 0. The summed E-state index contributed by atoms with van der Waals surface area (Å²) in [6.45, 7) is 2.33. The Kier molecular flexibility index (Phi) is 7.73. The van der Waals surface area contributed by atoms with Crippen molar-refractivity contribution in [1.82, 2.24) is 4.90 Å². The number of ether oxygens (including phenoxy) is 1. The summed E-state index contributed by atoms with van der Waals surface area (Å²) in [6.07, 6.45) is 9.40. The molecule has 5 heteroatoms. The van der Waals surface area contributed by atoms with E-state index in [0.717, 1.165) is 32.4 Å². The predicted molar refractivity (Wildman–Crippen MR) is 78.5 cm³/mol. The molecule has 0 spiro atoms. The number of halogens is 1. The van der Waals surface area contributed by atoms with Crippen LogP contribution in [0.4, 0.5) is 0 Å². The number of amides is 1. The molecule has 4 nitrogen and oxygen atoms in total. The van der Waals surface area contributed by atoms with E-state index in [1.165, 1.54) is 25.7 Å². The summed E-state index contributed by atoms with van der Waals surface area (Å²) in [5.74, 6) is 0.264. The SMILES string of the molecule is Cl.NCCCC(=O)N1CCC(OC2CCCC2)CC1. The average molecular weight is 291 g/mol. The summed E-state index contributed by atoms with van der Waals surface area (Å²) in [5, 5.41) is 0. The highest BCUT2D eigenvalue weighted by Crippen LogP contribution is 2.25. The van der Waals surface area contributed by atoms with Gasteiger partial charge in [-0.2, -0.15) is 0 Å². The first-order valence-corrected chi connectivity index (χ1v) is 7.43. The Morgan fingerprint density at radius 2 is 1.68 bits per heavy atom. The maximum atomic E-state index is 11.8. The van der Waals surface area contributed by atoms with E-state index >= 15 is 0 Å². The van der Waals surface area contributed by atoms with Gasteiger partial charge in [-0.3, -0.25) is 4.79 Å². The smallest absolute Gasteiger partial charge is 0.222 e. The summed E-state index contributed by atoms with van der Waals surface area (Å²) in [7, 11) is 0. The molecule has 2 fully saturated rings. The molecular formula is C14H27ClN2O2. The normalized spacial score (nSPS) is 21.4. The van der Waals surface area contributed by atoms with Crippen LogP contribution < -0.4 is 5.73 Å². The first-order valence-electron chi connectivity index (χ1n) is 7.43. The van der Waals surface area contributed by atoms with Crippen molar-refractivity contribution in [1.29, 1.82) is 0 Å². The van der Waals surface area contributed by atoms with Crippen LogP contribution in [0.25, 0.3) is 0 Å². The molecule has 1 heterocycles. The van der Waals surface area contributed by atoms with Gasteiger partial charge in [0.2, 0.25) is 5.91 Å². The Balaban J connectivity index is 0.00000180. The van der Waals surface area contributed by atoms with Gasteiger partial charge in [0.1, 0.15) is 0 Å². The number of carbonyl (C=O) groups excluding carboxylic acids is 1. The van der Waals surface area contributed by atoms with Gasteiger partial charge in [0.25, 0.3) is 0 Å². The zero-order valence-corrected chi connectivity index (χ0v) is 12.5. The van der Waals surface area contributed by atoms with Gasteiger partial charge < -0.3 is 15.4 Å². The van der Waals surface area contributed by atoms with Crippen LogP contribution in [0, 0.1) is 0 Å². The highest BCUT2D eigenvalue weighted by atomic mass is 35.5. The van der Waals surface area contributed by atoms with Crippen molar-refractivity contribution in [3.63, 3.8) is 0 Å². The molecule has 1 saturated carbocycles. The number of likely N-dealkylation sites (tertiary alicyclic amines) is 1. The van der Waals surface area contributed by atoms with Crippen LogP contribution in [0.3, 0.4) is 0 Å². The minimum Gasteiger partial charge on any atom is -0.375 e. The van der Waals surface area contributed by atoms with E-state index in [9.17, 15) is 4.79 Å². The number of piperidine rings is 1. The molecule has 2 rings (SSSR count). The van der Waals surface area contributed by atoms with Crippen molar-refractivity contribution < 1.29 is 9.53 Å². The van der Waals surface area contributed by atoms with E-state index in [2.05, 4.69) is 0 Å². The van der Waals surface area contributed by atoms with E-state index in [4.69, 9.17) is 10.5 Å². The molecule has 0 aromatic carbocycles. The van der Waals surface area contributed by atoms with Crippen LogP contribution >= 0.6 is 12.4 Å². The molecule has 1 amide bonds. The van der Waals surface area contributed by atoms with Crippen LogP contribution in [0.1, 0.15) is 51.4 Å². The highest BCUT2D eigenvalue weighted by molar-refractivity contribution is 5.85. The van der Waals surface area contributed by atoms with Crippen molar-refractivity contribution in [2.75, 3.05) is 19.6 Å². The molecule has 1 aliphatic carbocycles. The number of hydrogen-bond acceptors (Lipinski definition) is 3. The van der Waals surface area contributed by atoms with Gasteiger partial charge in [-0.05, 0) is 38.6 Å². The van der Waals surface area contributed by atoms with Gasteiger partial charge >= 0.3 is 0 Å². The highest BCUT2D eigenvalue weighted by Gasteiger charge is 2.26. The Labute approximate surface area is 122 Å². The van der Waals surface area contributed by atoms with E-state index in [1.54, 1.807) is 0 Å². The first kappa shape index (κ1) is 16.7. The van der Waals surface area contributed by atoms with Gasteiger partial charge in [-0.15, -0.1) is 12.4 Å². The maximum Gasteiger partial charge on any atom is 0.222 e. The fraction of sp³-hybridized carbons (Fsp3) is 0.929. The van der Waals surface area contributed by atoms with Gasteiger partial charge in [-0.1, -0.05) is 12.8 Å². The summed E-state index contributed by atoms with van der Waals surface area (Å²) in [4.78, 5) is 13.8. The number of carbonyl (C=O) groups is 1. The second-order valence-corrected chi connectivity index (χ2v) is 5.51. The molecule has 0 aromatic rings. The van der Waals surface area contributed by atoms with Crippen molar-refractivity contribution >= 4 is 18.3 Å². The van der Waals surface area contributed by atoms with Crippen LogP contribution in [-0.4, -0.2) is 42.6 Å². The van der Waals surface area contributed by atoms with Crippen LogP contribution in [0.5, 0.6) is 0 Å². The van der Waals surface area contributed by atoms with E-state index in [1.807, 2.05) is 4.90 Å². The molecule has 0 radical (unpaired) electrons. The van der Waals surface area contributed by atoms with Crippen molar-refractivity contribution in [3.8, 4) is 0 Å². The maximum absolute atomic E-state index is 11.8. The Hall–Kier alpha value is -0.320. The number of nitrogens with zero attached hydrogens (tertiary/aromatic N) is 1. The Morgan fingerprint density at radius 1 is 1.11 bits per heavy atom. The Morgan fingerprint density at radius 3 is 2.26 bits per heavy atom. The monoisotopic (exact) mass is 290 g/mol. The standard InChI is InChI=1S/C14H26N2O2.ClH/c15-9-3-6-14(17)16-10-7-13(8-11-16)18-12-4-1-2-5-12;/h12-13H,1-11,15H2;1H.